The van der Waals surface area contributed by atoms with E-state index in [0.29, 0.717) is 25.2 Å². The summed E-state index contributed by atoms with van der Waals surface area (Å²) in [6, 6.07) is 9.11. The van der Waals surface area contributed by atoms with Crippen LogP contribution in [0.4, 0.5) is 4.79 Å². The van der Waals surface area contributed by atoms with Crippen molar-refractivity contribution in [2.24, 2.45) is 0 Å². The van der Waals surface area contributed by atoms with Crippen molar-refractivity contribution in [2.45, 2.75) is 64.6 Å². The standard InChI is InChI=1S/C26H32N4O3S/c1-3-33-26(32)29-12-10-19(11-13-29)28-20-8-9-21-22(14-20)34-24-23(21)25(31)30(16-27-24)15-18-6-4-17(2)5-7-18/h4-7,16,19-20,28H,3,8-15H2,1-2H3. The minimum Gasteiger partial charge on any atom is -0.450 e. The third-order valence-corrected chi connectivity index (χ3v) is 8.16. The molecule has 1 aliphatic carbocycles. The molecule has 1 unspecified atom stereocenters. The summed E-state index contributed by atoms with van der Waals surface area (Å²) in [6.45, 7) is 6.34. The van der Waals surface area contributed by atoms with E-state index in [1.807, 2.05) is 6.92 Å². The highest BCUT2D eigenvalue weighted by atomic mass is 32.1. The van der Waals surface area contributed by atoms with Crippen molar-refractivity contribution in [3.8, 4) is 0 Å². The Labute approximate surface area is 203 Å². The molecule has 3 heterocycles. The Balaban J connectivity index is 1.26. The van der Waals surface area contributed by atoms with E-state index in [-0.39, 0.29) is 11.7 Å². The number of carbonyl (C=O) groups is 1. The fourth-order valence-corrected chi connectivity index (χ4v) is 6.38. The number of thiophene rings is 1. The average molecular weight is 481 g/mol. The Kier molecular flexibility index (Phi) is 6.70. The normalized spacial score (nSPS) is 18.8. The predicted molar refractivity (Wildman–Crippen MR) is 135 cm³/mol. The molecule has 1 fully saturated rings. The van der Waals surface area contributed by atoms with Crippen LogP contribution in [0.3, 0.4) is 0 Å². The molecule has 0 bridgehead atoms. The van der Waals surface area contributed by atoms with Crippen LogP contribution in [0.2, 0.25) is 0 Å². The molecular formula is C26H32N4O3S. The minimum atomic E-state index is -0.200. The summed E-state index contributed by atoms with van der Waals surface area (Å²) in [5.41, 5.74) is 3.59. The molecule has 180 valence electrons. The van der Waals surface area contributed by atoms with Gasteiger partial charge in [-0.2, -0.15) is 0 Å². The van der Waals surface area contributed by atoms with Gasteiger partial charge >= 0.3 is 6.09 Å². The van der Waals surface area contributed by atoms with E-state index in [0.717, 1.165) is 61.0 Å². The summed E-state index contributed by atoms with van der Waals surface area (Å²) in [6.07, 6.45) is 6.24. The molecule has 34 heavy (non-hydrogen) atoms. The number of aromatic nitrogens is 2. The van der Waals surface area contributed by atoms with Crippen LogP contribution in [-0.4, -0.2) is 52.3 Å². The first-order chi connectivity index (χ1) is 16.5. The van der Waals surface area contributed by atoms with Gasteiger partial charge in [0.2, 0.25) is 0 Å². The fraction of sp³-hybridized carbons (Fsp3) is 0.500. The fourth-order valence-electron chi connectivity index (χ4n) is 5.12. The van der Waals surface area contributed by atoms with Crippen molar-refractivity contribution in [1.29, 1.82) is 0 Å². The third kappa shape index (κ3) is 4.74. The Morgan fingerprint density at radius 1 is 1.18 bits per heavy atom. The van der Waals surface area contributed by atoms with Crippen molar-refractivity contribution in [3.63, 3.8) is 0 Å². The summed E-state index contributed by atoms with van der Waals surface area (Å²) in [5.74, 6) is 0. The second-order valence-electron chi connectivity index (χ2n) is 9.41. The molecule has 2 aliphatic rings. The van der Waals surface area contributed by atoms with E-state index in [4.69, 9.17) is 4.74 Å². The molecule has 1 aliphatic heterocycles. The highest BCUT2D eigenvalue weighted by Gasteiger charge is 2.29. The number of rotatable bonds is 5. The number of piperidine rings is 1. The number of carbonyl (C=O) groups excluding carboxylic acids is 1. The second-order valence-corrected chi connectivity index (χ2v) is 10.5. The van der Waals surface area contributed by atoms with Gasteiger partial charge in [-0.3, -0.25) is 9.36 Å². The summed E-state index contributed by atoms with van der Waals surface area (Å²) in [5, 5.41) is 4.64. The highest BCUT2D eigenvalue weighted by Crippen LogP contribution is 2.34. The molecule has 0 saturated carbocycles. The van der Waals surface area contributed by atoms with Gasteiger partial charge in [0.1, 0.15) is 4.83 Å². The van der Waals surface area contributed by atoms with E-state index in [1.54, 1.807) is 27.1 Å². The zero-order valence-electron chi connectivity index (χ0n) is 19.9. The number of ether oxygens (including phenoxy) is 1. The number of nitrogens with zero attached hydrogens (tertiary/aromatic N) is 3. The van der Waals surface area contributed by atoms with Crippen molar-refractivity contribution >= 4 is 27.6 Å². The molecule has 7 nitrogen and oxygen atoms in total. The molecule has 3 aromatic rings. The molecule has 1 atom stereocenters. The van der Waals surface area contributed by atoms with E-state index in [2.05, 4.69) is 41.5 Å². The molecule has 8 heteroatoms. The summed E-state index contributed by atoms with van der Waals surface area (Å²) < 4.78 is 6.86. The molecule has 1 aromatic carbocycles. The molecule has 0 spiro atoms. The van der Waals surface area contributed by atoms with Crippen molar-refractivity contribution in [1.82, 2.24) is 19.8 Å². The summed E-state index contributed by atoms with van der Waals surface area (Å²) in [7, 11) is 0. The van der Waals surface area contributed by atoms with Gasteiger partial charge in [-0.15, -0.1) is 11.3 Å². The number of fused-ring (bicyclic) bond motifs is 3. The van der Waals surface area contributed by atoms with E-state index >= 15 is 0 Å². The van der Waals surface area contributed by atoms with Crippen LogP contribution in [0.15, 0.2) is 35.4 Å². The first-order valence-corrected chi connectivity index (χ1v) is 13.1. The third-order valence-electron chi connectivity index (χ3n) is 7.00. The number of amides is 1. The first-order valence-electron chi connectivity index (χ1n) is 12.2. The van der Waals surface area contributed by atoms with Gasteiger partial charge in [0.05, 0.1) is 24.9 Å². The lowest BCUT2D eigenvalue weighted by Gasteiger charge is -2.35. The molecule has 0 radical (unpaired) electrons. The van der Waals surface area contributed by atoms with Gasteiger partial charge in [-0.25, -0.2) is 9.78 Å². The zero-order valence-corrected chi connectivity index (χ0v) is 20.7. The van der Waals surface area contributed by atoms with E-state index in [1.165, 1.54) is 16.0 Å². The van der Waals surface area contributed by atoms with Gasteiger partial charge in [0.25, 0.3) is 5.56 Å². The highest BCUT2D eigenvalue weighted by molar-refractivity contribution is 7.18. The number of aryl methyl sites for hydroxylation is 2. The van der Waals surface area contributed by atoms with Crippen LogP contribution in [0.25, 0.3) is 10.2 Å². The van der Waals surface area contributed by atoms with Gasteiger partial charge in [-0.05, 0) is 57.1 Å². The Morgan fingerprint density at radius 3 is 2.68 bits per heavy atom. The number of likely N-dealkylation sites (tertiary alicyclic amines) is 1. The average Bonchev–Trinajstić information content (AvgIpc) is 3.21. The lowest BCUT2D eigenvalue weighted by atomic mass is 9.91. The van der Waals surface area contributed by atoms with Crippen LogP contribution in [0.5, 0.6) is 0 Å². The van der Waals surface area contributed by atoms with Gasteiger partial charge in [0, 0.05) is 30.1 Å². The second kappa shape index (κ2) is 9.88. The maximum atomic E-state index is 13.3. The van der Waals surface area contributed by atoms with E-state index < -0.39 is 0 Å². The molecule has 1 N–H and O–H groups in total. The number of benzene rings is 1. The van der Waals surface area contributed by atoms with Crippen LogP contribution in [0, 0.1) is 6.92 Å². The van der Waals surface area contributed by atoms with Crippen molar-refractivity contribution in [3.05, 3.63) is 62.5 Å². The largest absolute Gasteiger partial charge is 0.450 e. The SMILES string of the molecule is CCOC(=O)N1CCC(NC2CCc3c(sc4ncn(Cc5ccc(C)cc5)c(=O)c34)C2)CC1. The van der Waals surface area contributed by atoms with Gasteiger partial charge in [0.15, 0.2) is 0 Å². The first kappa shape index (κ1) is 23.1. The number of hydrogen-bond acceptors (Lipinski definition) is 6. The zero-order chi connectivity index (χ0) is 23.7. The van der Waals surface area contributed by atoms with Crippen LogP contribution < -0.4 is 10.9 Å². The number of hydrogen-bond donors (Lipinski definition) is 1. The summed E-state index contributed by atoms with van der Waals surface area (Å²) >= 11 is 1.67. The van der Waals surface area contributed by atoms with Crippen molar-refractivity contribution in [2.75, 3.05) is 19.7 Å². The van der Waals surface area contributed by atoms with Gasteiger partial charge < -0.3 is 15.0 Å². The Bertz CT molecular complexity index is 1230. The monoisotopic (exact) mass is 480 g/mol. The maximum Gasteiger partial charge on any atom is 0.409 e. The van der Waals surface area contributed by atoms with Crippen LogP contribution in [-0.2, 0) is 24.1 Å². The predicted octanol–water partition coefficient (Wildman–Crippen LogP) is 3.88. The van der Waals surface area contributed by atoms with Crippen LogP contribution in [0.1, 0.15) is 47.8 Å². The lowest BCUT2D eigenvalue weighted by molar-refractivity contribution is 0.0940. The molecule has 2 aromatic heterocycles. The topological polar surface area (TPSA) is 76.5 Å². The molecule has 1 saturated heterocycles. The summed E-state index contributed by atoms with van der Waals surface area (Å²) in [4.78, 5) is 33.9. The molecule has 1 amide bonds. The smallest absolute Gasteiger partial charge is 0.409 e. The lowest BCUT2D eigenvalue weighted by Crippen LogP contribution is -2.49. The quantitative estimate of drug-likeness (QED) is 0.600. The number of nitrogens with one attached hydrogen (secondary N) is 1. The van der Waals surface area contributed by atoms with E-state index in [9.17, 15) is 9.59 Å². The Morgan fingerprint density at radius 2 is 1.94 bits per heavy atom. The molecular weight excluding hydrogens is 448 g/mol. The molecule has 5 rings (SSSR count). The van der Waals surface area contributed by atoms with Gasteiger partial charge in [-0.1, -0.05) is 29.8 Å². The van der Waals surface area contributed by atoms with Crippen LogP contribution >= 0.6 is 11.3 Å². The van der Waals surface area contributed by atoms with Crippen molar-refractivity contribution < 1.29 is 9.53 Å². The Hall–Kier alpha value is -2.71. The maximum absolute atomic E-state index is 13.3. The minimum absolute atomic E-state index is 0.0702.